The minimum atomic E-state index is 0.910. The summed E-state index contributed by atoms with van der Waals surface area (Å²) in [5, 5.41) is 11.4. The highest BCUT2D eigenvalue weighted by Crippen LogP contribution is 1.84. The van der Waals surface area contributed by atoms with Crippen molar-refractivity contribution in [3.05, 3.63) is 0 Å². The van der Waals surface area contributed by atoms with Crippen molar-refractivity contribution in [2.75, 3.05) is 13.1 Å². The molecule has 2 nitrogen and oxygen atoms in total. The largest absolute Gasteiger partial charge is 0.317 e. The zero-order chi connectivity index (χ0) is 7.66. The van der Waals surface area contributed by atoms with Gasteiger partial charge in [-0.3, -0.25) is 0 Å². The van der Waals surface area contributed by atoms with Crippen LogP contribution in [0.5, 0.6) is 0 Å². The fraction of sp³-hybridized carbons (Fsp3) is 0.857. The number of rotatable bonds is 6. The summed E-state index contributed by atoms with van der Waals surface area (Å²) in [5.41, 5.74) is 0. The molecule has 0 saturated heterocycles. The maximum atomic E-state index is 8.14. The van der Waals surface area contributed by atoms with Gasteiger partial charge in [-0.2, -0.15) is 0 Å². The quantitative estimate of drug-likeness (QED) is 0.437. The Kier molecular flexibility index (Phi) is 8.10. The molecule has 0 amide bonds. The van der Waals surface area contributed by atoms with Crippen molar-refractivity contribution >= 4 is 7.28 Å². The van der Waals surface area contributed by atoms with E-state index < -0.39 is 0 Å². The predicted octanol–water partition coefficient (Wildman–Crippen LogP) is 0.980. The molecular formula is C7H14BN2. The third-order valence-electron chi connectivity index (χ3n) is 1.22. The lowest BCUT2D eigenvalue weighted by Gasteiger charge is -1.98. The SMILES string of the molecule is CCCNCCC[B]C#N. The number of nitrogens with zero attached hydrogens (tertiary/aromatic N) is 1. The standard InChI is InChI=1S/C7H14BN2/c1-2-5-10-6-3-4-8-7-9/h10H,2-6H2,1H3. The van der Waals surface area contributed by atoms with Crippen LogP contribution in [0.25, 0.3) is 0 Å². The van der Waals surface area contributed by atoms with Gasteiger partial charge in [0.25, 0.3) is 7.28 Å². The Morgan fingerprint density at radius 1 is 1.50 bits per heavy atom. The molecule has 3 heteroatoms. The molecule has 0 aliphatic carbocycles. The Morgan fingerprint density at radius 2 is 2.30 bits per heavy atom. The average Bonchev–Trinajstić information content (AvgIpc) is 1.97. The molecule has 0 aromatic carbocycles. The Labute approximate surface area is 63.9 Å². The van der Waals surface area contributed by atoms with Crippen LogP contribution in [-0.2, 0) is 0 Å². The van der Waals surface area contributed by atoms with Crippen LogP contribution in [0.3, 0.4) is 0 Å². The monoisotopic (exact) mass is 137 g/mol. The lowest BCUT2D eigenvalue weighted by Crippen LogP contribution is -2.15. The molecule has 0 fully saturated rings. The fourth-order valence-electron chi connectivity index (χ4n) is 0.695. The summed E-state index contributed by atoms with van der Waals surface area (Å²) in [5.74, 6) is 2.01. The maximum absolute atomic E-state index is 8.14. The number of nitrogens with one attached hydrogen (secondary N) is 1. The molecule has 1 radical (unpaired) electrons. The number of nitriles is 1. The maximum Gasteiger partial charge on any atom is 0.254 e. The second-order valence-electron chi connectivity index (χ2n) is 2.23. The number of hydrogen-bond acceptors (Lipinski definition) is 2. The molecule has 10 heavy (non-hydrogen) atoms. The summed E-state index contributed by atoms with van der Waals surface area (Å²) in [4.78, 5) is 0. The predicted molar refractivity (Wildman–Crippen MR) is 44.0 cm³/mol. The Morgan fingerprint density at radius 3 is 2.90 bits per heavy atom. The molecule has 0 aliphatic rings. The van der Waals surface area contributed by atoms with Gasteiger partial charge in [-0.05, 0) is 31.9 Å². The van der Waals surface area contributed by atoms with E-state index in [9.17, 15) is 0 Å². The van der Waals surface area contributed by atoms with Gasteiger partial charge in [-0.15, -0.1) is 0 Å². The summed E-state index contributed by atoms with van der Waals surface area (Å²) in [7, 11) is 1.65. The van der Waals surface area contributed by atoms with Gasteiger partial charge in [0.15, 0.2) is 0 Å². The molecule has 0 atom stereocenters. The molecule has 0 aliphatic heterocycles. The van der Waals surface area contributed by atoms with Crippen LogP contribution in [-0.4, -0.2) is 20.4 Å². The Hall–Kier alpha value is -0.485. The minimum Gasteiger partial charge on any atom is -0.317 e. The first-order valence-electron chi connectivity index (χ1n) is 3.83. The van der Waals surface area contributed by atoms with Crippen molar-refractivity contribution in [3.63, 3.8) is 0 Å². The summed E-state index contributed by atoms with van der Waals surface area (Å²) in [6, 6.07) is 0. The van der Waals surface area contributed by atoms with E-state index in [0.29, 0.717) is 0 Å². The van der Waals surface area contributed by atoms with E-state index in [1.54, 1.807) is 7.28 Å². The van der Waals surface area contributed by atoms with Crippen LogP contribution in [0.1, 0.15) is 19.8 Å². The topological polar surface area (TPSA) is 35.8 Å². The van der Waals surface area contributed by atoms with Crippen molar-refractivity contribution in [2.45, 2.75) is 26.1 Å². The van der Waals surface area contributed by atoms with Crippen LogP contribution < -0.4 is 5.32 Å². The first kappa shape index (κ1) is 9.51. The molecule has 0 heterocycles. The van der Waals surface area contributed by atoms with Gasteiger partial charge >= 0.3 is 0 Å². The van der Waals surface area contributed by atoms with E-state index in [1.807, 2.05) is 5.97 Å². The fourth-order valence-corrected chi connectivity index (χ4v) is 0.695. The van der Waals surface area contributed by atoms with E-state index in [1.165, 1.54) is 6.42 Å². The van der Waals surface area contributed by atoms with E-state index in [0.717, 1.165) is 25.8 Å². The lowest BCUT2D eigenvalue weighted by molar-refractivity contribution is 0.661. The van der Waals surface area contributed by atoms with Crippen molar-refractivity contribution in [2.24, 2.45) is 0 Å². The average molecular weight is 137 g/mol. The molecule has 0 spiro atoms. The van der Waals surface area contributed by atoms with Gasteiger partial charge < -0.3 is 5.32 Å². The normalized spacial score (nSPS) is 8.80. The summed E-state index contributed by atoms with van der Waals surface area (Å²) in [6.45, 7) is 4.27. The Bertz CT molecular complexity index is 98.3. The van der Waals surface area contributed by atoms with Crippen molar-refractivity contribution in [3.8, 4) is 5.97 Å². The van der Waals surface area contributed by atoms with Crippen LogP contribution in [0.2, 0.25) is 6.32 Å². The van der Waals surface area contributed by atoms with E-state index in [2.05, 4.69) is 12.2 Å². The van der Waals surface area contributed by atoms with Gasteiger partial charge in [0.2, 0.25) is 0 Å². The summed E-state index contributed by atoms with van der Waals surface area (Å²) in [6.07, 6.45) is 3.17. The second kappa shape index (κ2) is 8.51. The van der Waals surface area contributed by atoms with Crippen molar-refractivity contribution in [1.29, 1.82) is 5.26 Å². The van der Waals surface area contributed by atoms with Crippen LogP contribution in [0.4, 0.5) is 0 Å². The van der Waals surface area contributed by atoms with Gasteiger partial charge in [0.1, 0.15) is 0 Å². The van der Waals surface area contributed by atoms with Gasteiger partial charge in [-0.25, -0.2) is 5.26 Å². The van der Waals surface area contributed by atoms with Crippen LogP contribution in [0, 0.1) is 11.2 Å². The first-order valence-corrected chi connectivity index (χ1v) is 3.83. The molecule has 0 rings (SSSR count). The molecular weight excluding hydrogens is 123 g/mol. The van der Waals surface area contributed by atoms with Gasteiger partial charge in [-0.1, -0.05) is 13.2 Å². The third-order valence-corrected chi connectivity index (χ3v) is 1.22. The van der Waals surface area contributed by atoms with E-state index in [-0.39, 0.29) is 0 Å². The molecule has 0 unspecified atom stereocenters. The summed E-state index contributed by atoms with van der Waals surface area (Å²) >= 11 is 0. The highest BCUT2D eigenvalue weighted by Gasteiger charge is 1.88. The molecule has 1 N–H and O–H groups in total. The van der Waals surface area contributed by atoms with Crippen molar-refractivity contribution < 1.29 is 0 Å². The van der Waals surface area contributed by atoms with Gasteiger partial charge in [0.05, 0.1) is 0 Å². The first-order chi connectivity index (χ1) is 4.91. The minimum absolute atomic E-state index is 0.910. The molecule has 0 saturated carbocycles. The molecule has 55 valence electrons. The van der Waals surface area contributed by atoms with Gasteiger partial charge in [0, 0.05) is 0 Å². The number of hydrogen-bond donors (Lipinski definition) is 1. The zero-order valence-electron chi connectivity index (χ0n) is 6.56. The smallest absolute Gasteiger partial charge is 0.254 e. The third kappa shape index (κ3) is 7.51. The second-order valence-corrected chi connectivity index (χ2v) is 2.23. The zero-order valence-corrected chi connectivity index (χ0v) is 6.56. The molecule has 0 aromatic heterocycles. The molecule has 0 aromatic rings. The highest BCUT2D eigenvalue weighted by molar-refractivity contribution is 6.44. The van der Waals surface area contributed by atoms with E-state index >= 15 is 0 Å². The van der Waals surface area contributed by atoms with Crippen LogP contribution >= 0.6 is 0 Å². The highest BCUT2D eigenvalue weighted by atomic mass is 14.8. The summed E-state index contributed by atoms with van der Waals surface area (Å²) < 4.78 is 0. The Balaban J connectivity index is 2.72. The van der Waals surface area contributed by atoms with Crippen molar-refractivity contribution in [1.82, 2.24) is 5.32 Å². The lowest BCUT2D eigenvalue weighted by atomic mass is 9.76. The van der Waals surface area contributed by atoms with E-state index in [4.69, 9.17) is 5.26 Å². The molecule has 0 bridgehead atoms. The van der Waals surface area contributed by atoms with Crippen LogP contribution in [0.15, 0.2) is 0 Å².